The van der Waals surface area contributed by atoms with Gasteiger partial charge in [0.1, 0.15) is 5.75 Å². The lowest BCUT2D eigenvalue weighted by atomic mass is 10.1. The summed E-state index contributed by atoms with van der Waals surface area (Å²) < 4.78 is 5.38. The van der Waals surface area contributed by atoms with Crippen LogP contribution in [-0.2, 0) is 17.8 Å². The normalized spacial score (nSPS) is 10.1. The molecule has 1 aromatic carbocycles. The van der Waals surface area contributed by atoms with Crippen LogP contribution in [0.5, 0.6) is 5.75 Å². The number of nitrogens with zero attached hydrogens (tertiary/aromatic N) is 1. The minimum atomic E-state index is -0.190. The van der Waals surface area contributed by atoms with Gasteiger partial charge in [0.2, 0.25) is 0 Å². The number of ether oxygens (including phenoxy) is 1. The van der Waals surface area contributed by atoms with Crippen molar-refractivity contribution in [1.29, 1.82) is 0 Å². The van der Waals surface area contributed by atoms with Crippen LogP contribution < -0.4 is 15.8 Å². The Balaban J connectivity index is 1.82. The van der Waals surface area contributed by atoms with E-state index in [9.17, 15) is 4.79 Å². The number of pyridine rings is 1. The maximum atomic E-state index is 11.8. The molecule has 0 unspecified atom stereocenters. The maximum Gasteiger partial charge on any atom is 0.258 e. The molecule has 0 aliphatic rings. The van der Waals surface area contributed by atoms with Gasteiger partial charge < -0.3 is 15.8 Å². The summed E-state index contributed by atoms with van der Waals surface area (Å²) in [7, 11) is 0. The van der Waals surface area contributed by atoms with E-state index in [-0.39, 0.29) is 12.5 Å². The molecule has 0 fully saturated rings. The molecule has 0 spiro atoms. The third-order valence-electron chi connectivity index (χ3n) is 3.05. The molecule has 0 saturated carbocycles. The molecule has 0 aliphatic heterocycles. The van der Waals surface area contributed by atoms with Crippen LogP contribution in [-0.4, -0.2) is 17.5 Å². The number of aryl methyl sites for hydroxylation is 1. The van der Waals surface area contributed by atoms with Crippen molar-refractivity contribution in [3.8, 4) is 5.75 Å². The molecule has 3 N–H and O–H groups in total. The zero-order chi connectivity index (χ0) is 15.1. The first kappa shape index (κ1) is 14.8. The lowest BCUT2D eigenvalue weighted by Gasteiger charge is -2.09. The molecular formula is C16H19N3O2. The second-order valence-electron chi connectivity index (χ2n) is 4.60. The highest BCUT2D eigenvalue weighted by molar-refractivity contribution is 5.77. The lowest BCUT2D eigenvalue weighted by molar-refractivity contribution is -0.123. The fourth-order valence-corrected chi connectivity index (χ4v) is 1.94. The Morgan fingerprint density at radius 2 is 2.19 bits per heavy atom. The van der Waals surface area contributed by atoms with Crippen LogP contribution in [0.1, 0.15) is 18.2 Å². The second kappa shape index (κ2) is 7.28. The van der Waals surface area contributed by atoms with E-state index in [4.69, 9.17) is 10.5 Å². The highest BCUT2D eigenvalue weighted by atomic mass is 16.5. The van der Waals surface area contributed by atoms with Gasteiger partial charge in [-0.25, -0.2) is 0 Å². The van der Waals surface area contributed by atoms with Gasteiger partial charge >= 0.3 is 0 Å². The Hall–Kier alpha value is -2.56. The van der Waals surface area contributed by atoms with Gasteiger partial charge in [-0.1, -0.05) is 19.1 Å². The van der Waals surface area contributed by atoms with Crippen LogP contribution in [0.25, 0.3) is 0 Å². The molecule has 110 valence electrons. The predicted octanol–water partition coefficient (Wildman–Crippen LogP) is 1.92. The van der Waals surface area contributed by atoms with Gasteiger partial charge in [-0.05, 0) is 30.2 Å². The predicted molar refractivity (Wildman–Crippen MR) is 81.8 cm³/mol. The van der Waals surface area contributed by atoms with E-state index in [2.05, 4.69) is 17.2 Å². The van der Waals surface area contributed by atoms with Gasteiger partial charge in [0.05, 0.1) is 12.2 Å². The number of anilines is 1. The molecule has 0 atom stereocenters. The van der Waals surface area contributed by atoms with Gasteiger partial charge in [0, 0.05) is 18.0 Å². The fraction of sp³-hybridized carbons (Fsp3) is 0.250. The number of carbonyl (C=O) groups is 1. The summed E-state index contributed by atoms with van der Waals surface area (Å²) >= 11 is 0. The summed E-state index contributed by atoms with van der Waals surface area (Å²) in [6, 6.07) is 10.9. The van der Waals surface area contributed by atoms with Crippen molar-refractivity contribution in [2.75, 3.05) is 12.3 Å². The van der Waals surface area contributed by atoms with E-state index in [1.165, 1.54) is 0 Å². The van der Waals surface area contributed by atoms with Crippen LogP contribution in [0.4, 0.5) is 5.69 Å². The first-order valence-corrected chi connectivity index (χ1v) is 6.87. The van der Waals surface area contributed by atoms with E-state index in [1.54, 1.807) is 30.5 Å². The summed E-state index contributed by atoms with van der Waals surface area (Å²) in [6.07, 6.45) is 2.61. The number of nitrogen functional groups attached to an aromatic ring is 1. The minimum absolute atomic E-state index is 0.0439. The summed E-state index contributed by atoms with van der Waals surface area (Å²) in [5, 5.41) is 2.80. The summed E-state index contributed by atoms with van der Waals surface area (Å²) in [5.74, 6) is 0.391. The Morgan fingerprint density at radius 3 is 2.95 bits per heavy atom. The number of benzene rings is 1. The first-order valence-electron chi connectivity index (χ1n) is 6.87. The van der Waals surface area contributed by atoms with Crippen molar-refractivity contribution in [3.05, 3.63) is 53.9 Å². The molecule has 0 aliphatic carbocycles. The summed E-state index contributed by atoms with van der Waals surface area (Å²) in [4.78, 5) is 16.1. The summed E-state index contributed by atoms with van der Waals surface area (Å²) in [5.41, 5.74) is 8.27. The number of hydrogen-bond donors (Lipinski definition) is 2. The van der Waals surface area contributed by atoms with E-state index >= 15 is 0 Å². The molecule has 1 amide bonds. The molecule has 1 heterocycles. The van der Waals surface area contributed by atoms with Gasteiger partial charge in [0.25, 0.3) is 5.91 Å². The Kier molecular flexibility index (Phi) is 5.15. The fourth-order valence-electron chi connectivity index (χ4n) is 1.94. The van der Waals surface area contributed by atoms with Gasteiger partial charge in [-0.15, -0.1) is 0 Å². The number of nitrogens with two attached hydrogens (primary N) is 1. The molecule has 2 aromatic rings. The van der Waals surface area contributed by atoms with Crippen LogP contribution in [0, 0.1) is 0 Å². The monoisotopic (exact) mass is 285 g/mol. The minimum Gasteiger partial charge on any atom is -0.484 e. The quantitative estimate of drug-likeness (QED) is 0.795. The zero-order valence-electron chi connectivity index (χ0n) is 12.0. The van der Waals surface area contributed by atoms with Crippen molar-refractivity contribution < 1.29 is 9.53 Å². The van der Waals surface area contributed by atoms with Crippen molar-refractivity contribution in [2.24, 2.45) is 0 Å². The third-order valence-corrected chi connectivity index (χ3v) is 3.05. The van der Waals surface area contributed by atoms with Crippen LogP contribution in [0.3, 0.4) is 0 Å². The molecule has 2 rings (SSSR count). The van der Waals surface area contributed by atoms with Crippen LogP contribution in [0.2, 0.25) is 0 Å². The highest BCUT2D eigenvalue weighted by Crippen LogP contribution is 2.14. The number of rotatable bonds is 6. The molecule has 0 saturated heterocycles. The first-order chi connectivity index (χ1) is 10.2. The topological polar surface area (TPSA) is 77.2 Å². The molecule has 0 radical (unpaired) electrons. The lowest BCUT2D eigenvalue weighted by Crippen LogP contribution is -2.29. The van der Waals surface area contributed by atoms with Crippen molar-refractivity contribution in [2.45, 2.75) is 19.9 Å². The van der Waals surface area contributed by atoms with Gasteiger partial charge in [-0.2, -0.15) is 0 Å². The standard InChI is InChI=1S/C16H19N3O2/c1-2-12-5-4-8-18-15(12)10-19-16(20)11-21-14-7-3-6-13(17)9-14/h3-9H,2,10-11,17H2,1H3,(H,19,20). The SMILES string of the molecule is CCc1cccnc1CNC(=O)COc1cccc(N)c1. The Bertz CT molecular complexity index is 614. The Labute approximate surface area is 124 Å². The average molecular weight is 285 g/mol. The highest BCUT2D eigenvalue weighted by Gasteiger charge is 2.06. The second-order valence-corrected chi connectivity index (χ2v) is 4.60. The van der Waals surface area contributed by atoms with Crippen molar-refractivity contribution in [1.82, 2.24) is 10.3 Å². The van der Waals surface area contributed by atoms with Crippen LogP contribution in [0.15, 0.2) is 42.6 Å². The third kappa shape index (κ3) is 4.49. The van der Waals surface area contributed by atoms with E-state index in [0.717, 1.165) is 17.7 Å². The number of hydrogen-bond acceptors (Lipinski definition) is 4. The van der Waals surface area contributed by atoms with Gasteiger partial charge in [-0.3, -0.25) is 9.78 Å². The number of nitrogens with one attached hydrogen (secondary N) is 1. The van der Waals surface area contributed by atoms with E-state index < -0.39 is 0 Å². The maximum absolute atomic E-state index is 11.8. The Morgan fingerprint density at radius 1 is 1.33 bits per heavy atom. The smallest absolute Gasteiger partial charge is 0.258 e. The van der Waals surface area contributed by atoms with Crippen LogP contribution >= 0.6 is 0 Å². The molecule has 21 heavy (non-hydrogen) atoms. The van der Waals surface area contributed by atoms with E-state index in [1.807, 2.05) is 12.1 Å². The molecule has 0 bridgehead atoms. The van der Waals surface area contributed by atoms with Crippen molar-refractivity contribution >= 4 is 11.6 Å². The van der Waals surface area contributed by atoms with Gasteiger partial charge in [0.15, 0.2) is 6.61 Å². The van der Waals surface area contributed by atoms with E-state index in [0.29, 0.717) is 18.0 Å². The zero-order valence-corrected chi connectivity index (χ0v) is 12.0. The number of aromatic nitrogens is 1. The largest absolute Gasteiger partial charge is 0.484 e. The number of amides is 1. The molecule has 1 aromatic heterocycles. The average Bonchev–Trinajstić information content (AvgIpc) is 2.51. The molecule has 5 heteroatoms. The number of carbonyl (C=O) groups excluding carboxylic acids is 1. The van der Waals surface area contributed by atoms with Crippen molar-refractivity contribution in [3.63, 3.8) is 0 Å². The molecular weight excluding hydrogens is 266 g/mol. The molecule has 5 nitrogen and oxygen atoms in total. The summed E-state index contributed by atoms with van der Waals surface area (Å²) in [6.45, 7) is 2.42.